The minimum Gasteiger partial charge on any atom is -0.462 e. The Morgan fingerprint density at radius 3 is 2.40 bits per heavy atom. The van der Waals surface area contributed by atoms with E-state index in [1.165, 1.54) is 5.56 Å². The molecule has 1 N–H and O–H groups in total. The van der Waals surface area contributed by atoms with Gasteiger partial charge in [0.15, 0.2) is 12.4 Å². The topological polar surface area (TPSA) is 63.0 Å². The normalized spacial score (nSPS) is 12.0. The molecule has 0 saturated carbocycles. The van der Waals surface area contributed by atoms with Crippen LogP contribution < -0.4 is 4.57 Å². The van der Waals surface area contributed by atoms with Gasteiger partial charge in [0.1, 0.15) is 0 Å². The molecule has 134 valence electrons. The second-order valence-corrected chi connectivity index (χ2v) is 6.29. The molecular formula is C20H27N2O3+. The van der Waals surface area contributed by atoms with Crippen molar-refractivity contribution >= 4 is 11.8 Å². The maximum atomic E-state index is 12.9. The van der Waals surface area contributed by atoms with Gasteiger partial charge in [-0.15, -0.1) is 0 Å². The molecule has 0 saturated heterocycles. The number of hydrogen-bond donors (Lipinski definition) is 1. The van der Waals surface area contributed by atoms with Crippen LogP contribution >= 0.6 is 0 Å². The number of ether oxygens (including phenoxy) is 1. The highest BCUT2D eigenvalue weighted by molar-refractivity contribution is 6.02. The first-order chi connectivity index (χ1) is 11.9. The van der Waals surface area contributed by atoms with Crippen molar-refractivity contribution in [2.75, 3.05) is 6.61 Å². The van der Waals surface area contributed by atoms with E-state index in [0.717, 1.165) is 12.8 Å². The highest BCUT2D eigenvalue weighted by atomic mass is 16.5. The molecule has 2 heterocycles. The molecule has 0 aliphatic carbocycles. The number of aryl methyl sites for hydroxylation is 2. The fourth-order valence-electron chi connectivity index (χ4n) is 3.03. The van der Waals surface area contributed by atoms with Crippen molar-refractivity contribution in [3.63, 3.8) is 0 Å². The lowest BCUT2D eigenvalue weighted by Gasteiger charge is -2.07. The largest absolute Gasteiger partial charge is 0.462 e. The fraction of sp³-hybridized carbons (Fsp3) is 0.450. The summed E-state index contributed by atoms with van der Waals surface area (Å²) in [5.74, 6) is -0.443. The van der Waals surface area contributed by atoms with E-state index in [1.807, 2.05) is 36.0 Å². The number of nitrogens with one attached hydrogen (secondary N) is 1. The Hall–Kier alpha value is -2.43. The van der Waals surface area contributed by atoms with Crippen LogP contribution in [0.1, 0.15) is 70.9 Å². The Balaban J connectivity index is 2.28. The van der Waals surface area contributed by atoms with E-state index < -0.39 is 5.97 Å². The zero-order chi connectivity index (χ0) is 18.6. The lowest BCUT2D eigenvalue weighted by molar-refractivity contribution is -0.704. The molecule has 0 radical (unpaired) electrons. The molecule has 0 aliphatic rings. The quantitative estimate of drug-likeness (QED) is 0.475. The summed E-state index contributed by atoms with van der Waals surface area (Å²) in [6.07, 6.45) is 5.99. The average molecular weight is 343 g/mol. The number of esters is 1. The highest BCUT2D eigenvalue weighted by Gasteiger charge is 2.29. The van der Waals surface area contributed by atoms with Crippen molar-refractivity contribution < 1.29 is 18.9 Å². The fourth-order valence-corrected chi connectivity index (χ4v) is 3.03. The van der Waals surface area contributed by atoms with Crippen LogP contribution in [0.25, 0.3) is 0 Å². The van der Waals surface area contributed by atoms with Crippen LogP contribution in [-0.4, -0.2) is 23.3 Å². The number of Topliss-reactive ketones (excluding diaryl/α,β-unsaturated/α-hetero) is 1. The summed E-state index contributed by atoms with van der Waals surface area (Å²) in [6, 6.07) is 3.73. The molecule has 2 aromatic heterocycles. The Labute approximate surface area is 149 Å². The third kappa shape index (κ3) is 3.98. The Kier molecular flexibility index (Phi) is 6.12. The van der Waals surface area contributed by atoms with Crippen molar-refractivity contribution in [1.29, 1.82) is 0 Å². The van der Waals surface area contributed by atoms with E-state index in [2.05, 4.69) is 11.9 Å². The summed E-state index contributed by atoms with van der Waals surface area (Å²) in [5.41, 5.74) is 3.50. The summed E-state index contributed by atoms with van der Waals surface area (Å²) < 4.78 is 6.98. The van der Waals surface area contributed by atoms with Gasteiger partial charge in [-0.25, -0.2) is 4.79 Å². The molecule has 1 atom stereocenters. The first-order valence-electron chi connectivity index (χ1n) is 8.80. The van der Waals surface area contributed by atoms with Gasteiger partial charge in [0, 0.05) is 24.8 Å². The van der Waals surface area contributed by atoms with E-state index in [4.69, 9.17) is 4.74 Å². The van der Waals surface area contributed by atoms with Gasteiger partial charge in [-0.2, -0.15) is 4.57 Å². The predicted octanol–water partition coefficient (Wildman–Crippen LogP) is 3.49. The minimum atomic E-state index is -0.392. The number of carbonyl (C=O) groups excluding carboxylic acids is 2. The number of pyridine rings is 1. The van der Waals surface area contributed by atoms with Crippen LogP contribution in [-0.2, 0) is 11.2 Å². The van der Waals surface area contributed by atoms with E-state index in [0.29, 0.717) is 29.1 Å². The van der Waals surface area contributed by atoms with E-state index >= 15 is 0 Å². The monoisotopic (exact) mass is 343 g/mol. The molecule has 2 rings (SSSR count). The number of nitrogens with zero attached hydrogens (tertiary/aromatic N) is 1. The molecule has 0 bridgehead atoms. The third-order valence-corrected chi connectivity index (χ3v) is 4.45. The van der Waals surface area contributed by atoms with E-state index in [1.54, 1.807) is 20.8 Å². The summed E-state index contributed by atoms with van der Waals surface area (Å²) in [5, 5.41) is 0. The maximum absolute atomic E-state index is 12.9. The second kappa shape index (κ2) is 8.10. The third-order valence-electron chi connectivity index (χ3n) is 4.45. The molecule has 0 spiro atoms. The van der Waals surface area contributed by atoms with Crippen molar-refractivity contribution in [2.45, 2.75) is 53.5 Å². The zero-order valence-corrected chi connectivity index (χ0v) is 15.7. The Bertz CT molecular complexity index is 760. The smallest absolute Gasteiger partial charge is 0.340 e. The molecule has 0 fully saturated rings. The number of hydrogen-bond acceptors (Lipinski definition) is 3. The van der Waals surface area contributed by atoms with Crippen molar-refractivity contribution in [1.82, 2.24) is 4.98 Å². The summed E-state index contributed by atoms with van der Waals surface area (Å²) in [4.78, 5) is 28.1. The predicted molar refractivity (Wildman–Crippen MR) is 95.9 cm³/mol. The second-order valence-electron chi connectivity index (χ2n) is 6.29. The van der Waals surface area contributed by atoms with Crippen LogP contribution in [0.15, 0.2) is 24.5 Å². The van der Waals surface area contributed by atoms with Crippen molar-refractivity contribution in [2.24, 2.45) is 0 Å². The van der Waals surface area contributed by atoms with E-state index in [9.17, 15) is 9.59 Å². The lowest BCUT2D eigenvalue weighted by atomic mass is 10.0. The van der Waals surface area contributed by atoms with Gasteiger partial charge in [0.25, 0.3) is 0 Å². The molecule has 0 aromatic carbocycles. The van der Waals surface area contributed by atoms with Crippen molar-refractivity contribution in [3.8, 4) is 0 Å². The van der Waals surface area contributed by atoms with Gasteiger partial charge in [-0.3, -0.25) is 4.79 Å². The SMILES string of the molecule is CCCc1cc[n+]([C@H](C)C(=O)c2[nH]c(C)c(C(=O)OCC)c2C)cc1. The molecule has 2 aromatic rings. The van der Waals surface area contributed by atoms with Gasteiger partial charge in [-0.1, -0.05) is 13.3 Å². The number of H-pyrrole nitrogens is 1. The first kappa shape index (κ1) is 18.9. The maximum Gasteiger partial charge on any atom is 0.340 e. The summed E-state index contributed by atoms with van der Waals surface area (Å²) in [7, 11) is 0. The highest BCUT2D eigenvalue weighted by Crippen LogP contribution is 2.21. The minimum absolute atomic E-state index is 0.0515. The summed E-state index contributed by atoms with van der Waals surface area (Å²) >= 11 is 0. The number of rotatable bonds is 7. The van der Waals surface area contributed by atoms with Gasteiger partial charge in [0.2, 0.25) is 11.8 Å². The van der Waals surface area contributed by atoms with Crippen LogP contribution in [0.2, 0.25) is 0 Å². The number of carbonyl (C=O) groups is 2. The summed E-state index contributed by atoms with van der Waals surface area (Å²) in [6.45, 7) is 9.65. The first-order valence-corrected chi connectivity index (χ1v) is 8.80. The van der Waals surface area contributed by atoms with E-state index in [-0.39, 0.29) is 11.8 Å². The molecule has 0 unspecified atom stereocenters. The van der Waals surface area contributed by atoms with Crippen LogP contribution in [0, 0.1) is 13.8 Å². The molecule has 0 amide bonds. The molecule has 0 aliphatic heterocycles. The zero-order valence-electron chi connectivity index (χ0n) is 15.7. The Morgan fingerprint density at radius 2 is 1.84 bits per heavy atom. The molecule has 5 heteroatoms. The van der Waals surface area contributed by atoms with Gasteiger partial charge in [-0.05, 0) is 38.3 Å². The average Bonchev–Trinajstić information content (AvgIpc) is 2.89. The molecular weight excluding hydrogens is 316 g/mol. The molecule has 5 nitrogen and oxygen atoms in total. The van der Waals surface area contributed by atoms with Gasteiger partial charge >= 0.3 is 5.97 Å². The number of ketones is 1. The van der Waals surface area contributed by atoms with Gasteiger partial charge < -0.3 is 9.72 Å². The Morgan fingerprint density at radius 1 is 1.20 bits per heavy atom. The lowest BCUT2D eigenvalue weighted by Crippen LogP contribution is -2.42. The van der Waals surface area contributed by atoms with Crippen LogP contribution in [0.5, 0.6) is 0 Å². The number of aromatic nitrogens is 2. The van der Waals surface area contributed by atoms with Crippen LogP contribution in [0.3, 0.4) is 0 Å². The standard InChI is InChI=1S/C20H26N2O3/c1-6-8-16-9-11-22(12-10-16)15(5)19(23)18-13(3)17(14(4)21-18)20(24)25-7-2/h9-12,15H,6-8H2,1-5H3/p+1/t15-/m1/s1. The van der Waals surface area contributed by atoms with Gasteiger partial charge in [0.05, 0.1) is 17.9 Å². The number of aromatic amines is 1. The van der Waals surface area contributed by atoms with Crippen molar-refractivity contribution in [3.05, 3.63) is 52.6 Å². The molecule has 25 heavy (non-hydrogen) atoms. The van der Waals surface area contributed by atoms with Crippen LogP contribution in [0.4, 0.5) is 0 Å².